The highest BCUT2D eigenvalue weighted by Crippen LogP contribution is 2.42. The standard InChI is InChI=1S/C26H28N2O8/c29-21-17-6-4-15(25(33)34)9-19(17)23(31)27(21)11-13-2-1-3-14(8-13)12-28-22(30)18-7-5-16(26(35)36)10-20(18)24(28)32/h1-3,8,15-20H,4-7,9-12H2,(H,33,34)(H,35,36). The van der Waals surface area contributed by atoms with Crippen molar-refractivity contribution in [1.29, 1.82) is 0 Å². The number of amides is 4. The molecule has 0 spiro atoms. The fourth-order valence-corrected chi connectivity index (χ4v) is 6.45. The summed E-state index contributed by atoms with van der Waals surface area (Å²) in [5, 5.41) is 18.6. The molecule has 0 aromatic heterocycles. The summed E-state index contributed by atoms with van der Waals surface area (Å²) < 4.78 is 0. The molecule has 2 aliphatic carbocycles. The lowest BCUT2D eigenvalue weighted by Gasteiger charge is -2.25. The van der Waals surface area contributed by atoms with Gasteiger partial charge >= 0.3 is 11.9 Å². The van der Waals surface area contributed by atoms with Crippen molar-refractivity contribution in [1.82, 2.24) is 9.80 Å². The van der Waals surface area contributed by atoms with Crippen LogP contribution in [0.1, 0.15) is 49.7 Å². The third kappa shape index (κ3) is 4.08. The number of carboxylic acid groups (broad SMARTS) is 2. The molecule has 4 aliphatic rings. The molecule has 2 heterocycles. The number of benzene rings is 1. The van der Waals surface area contributed by atoms with E-state index in [0.717, 1.165) is 0 Å². The Morgan fingerprint density at radius 2 is 1.06 bits per heavy atom. The first-order chi connectivity index (χ1) is 17.2. The summed E-state index contributed by atoms with van der Waals surface area (Å²) in [5.74, 6) is -6.51. The molecule has 2 N–H and O–H groups in total. The number of aliphatic carboxylic acids is 2. The van der Waals surface area contributed by atoms with Crippen LogP contribution in [0.25, 0.3) is 0 Å². The molecule has 36 heavy (non-hydrogen) atoms. The van der Waals surface area contributed by atoms with Crippen LogP contribution in [-0.2, 0) is 41.9 Å². The van der Waals surface area contributed by atoms with Crippen LogP contribution in [0.3, 0.4) is 0 Å². The van der Waals surface area contributed by atoms with Gasteiger partial charge in [-0.3, -0.25) is 38.6 Å². The van der Waals surface area contributed by atoms with Gasteiger partial charge in [-0.2, -0.15) is 0 Å². The number of carbonyl (C=O) groups is 6. The van der Waals surface area contributed by atoms with Gasteiger partial charge in [-0.25, -0.2) is 0 Å². The molecule has 2 aliphatic heterocycles. The van der Waals surface area contributed by atoms with Crippen molar-refractivity contribution in [3.05, 3.63) is 35.4 Å². The molecular formula is C26H28N2O8. The number of hydrogen-bond donors (Lipinski definition) is 2. The highest BCUT2D eigenvalue weighted by Gasteiger charge is 2.52. The number of rotatable bonds is 6. The first-order valence-corrected chi connectivity index (χ1v) is 12.4. The van der Waals surface area contributed by atoms with Crippen molar-refractivity contribution in [3.8, 4) is 0 Å². The van der Waals surface area contributed by atoms with Crippen LogP contribution in [0.4, 0.5) is 0 Å². The van der Waals surface area contributed by atoms with Gasteiger partial charge in [-0.15, -0.1) is 0 Å². The fraction of sp³-hybridized carbons (Fsp3) is 0.538. The molecule has 4 fully saturated rings. The Morgan fingerprint density at radius 1 is 0.667 bits per heavy atom. The molecule has 10 heteroatoms. The van der Waals surface area contributed by atoms with E-state index in [-0.39, 0.29) is 49.6 Å². The minimum Gasteiger partial charge on any atom is -0.481 e. The number of imide groups is 2. The van der Waals surface area contributed by atoms with Crippen molar-refractivity contribution in [2.75, 3.05) is 0 Å². The maximum absolute atomic E-state index is 13.0. The summed E-state index contributed by atoms with van der Waals surface area (Å²) in [7, 11) is 0. The van der Waals surface area contributed by atoms with Gasteiger partial charge in [0, 0.05) is 0 Å². The summed E-state index contributed by atoms with van der Waals surface area (Å²) in [6, 6.07) is 7.01. The van der Waals surface area contributed by atoms with Crippen LogP contribution in [0.5, 0.6) is 0 Å². The Labute approximate surface area is 207 Å². The zero-order chi connectivity index (χ0) is 25.7. The summed E-state index contributed by atoms with van der Waals surface area (Å²) in [5.41, 5.74) is 1.34. The van der Waals surface area contributed by atoms with E-state index >= 15 is 0 Å². The smallest absolute Gasteiger partial charge is 0.306 e. The summed E-state index contributed by atoms with van der Waals surface area (Å²) in [6.45, 7) is 0.0906. The minimum absolute atomic E-state index is 0.0453. The molecule has 6 atom stereocenters. The van der Waals surface area contributed by atoms with Crippen molar-refractivity contribution in [2.24, 2.45) is 35.5 Å². The second-order valence-electron chi connectivity index (χ2n) is 10.5. The Balaban J connectivity index is 1.27. The van der Waals surface area contributed by atoms with E-state index in [1.165, 1.54) is 9.80 Å². The van der Waals surface area contributed by atoms with E-state index in [0.29, 0.717) is 36.8 Å². The van der Waals surface area contributed by atoms with Gasteiger partial charge in [0.15, 0.2) is 0 Å². The Morgan fingerprint density at radius 3 is 1.44 bits per heavy atom. The average Bonchev–Trinajstić information content (AvgIpc) is 3.24. The lowest BCUT2D eigenvalue weighted by atomic mass is 9.75. The quantitative estimate of drug-likeness (QED) is 0.565. The fourth-order valence-electron chi connectivity index (χ4n) is 6.45. The molecule has 10 nitrogen and oxygen atoms in total. The monoisotopic (exact) mass is 496 g/mol. The van der Waals surface area contributed by atoms with Crippen molar-refractivity contribution >= 4 is 35.6 Å². The molecule has 5 rings (SSSR count). The SMILES string of the molecule is O=C(O)C1CCC2C(=O)N(Cc3cccc(CN4C(=O)C5CCC(C(=O)O)CC5C4=O)c3)C(=O)C2C1. The van der Waals surface area contributed by atoms with E-state index in [1.54, 1.807) is 24.3 Å². The summed E-state index contributed by atoms with van der Waals surface area (Å²) >= 11 is 0. The predicted octanol–water partition coefficient (Wildman–Crippen LogP) is 1.66. The van der Waals surface area contributed by atoms with Gasteiger partial charge in [-0.1, -0.05) is 24.3 Å². The third-order valence-electron chi connectivity index (χ3n) is 8.40. The largest absolute Gasteiger partial charge is 0.481 e. The van der Waals surface area contributed by atoms with Crippen molar-refractivity contribution in [3.63, 3.8) is 0 Å². The van der Waals surface area contributed by atoms with Crippen LogP contribution in [-0.4, -0.2) is 55.6 Å². The molecule has 2 saturated heterocycles. The summed E-state index contributed by atoms with van der Waals surface area (Å²) in [6.07, 6.45) is 1.87. The van der Waals surface area contributed by atoms with Crippen LogP contribution in [0, 0.1) is 35.5 Å². The van der Waals surface area contributed by atoms with Gasteiger partial charge < -0.3 is 10.2 Å². The van der Waals surface area contributed by atoms with E-state index < -0.39 is 47.4 Å². The maximum Gasteiger partial charge on any atom is 0.306 e. The van der Waals surface area contributed by atoms with Crippen LogP contribution in [0.15, 0.2) is 24.3 Å². The van der Waals surface area contributed by atoms with Gasteiger partial charge in [0.05, 0.1) is 48.6 Å². The average molecular weight is 497 g/mol. The first-order valence-electron chi connectivity index (χ1n) is 12.4. The predicted molar refractivity (Wildman–Crippen MR) is 121 cm³/mol. The topological polar surface area (TPSA) is 149 Å². The zero-order valence-electron chi connectivity index (χ0n) is 19.7. The van der Waals surface area contributed by atoms with Crippen LogP contribution >= 0.6 is 0 Å². The number of hydrogen-bond acceptors (Lipinski definition) is 6. The van der Waals surface area contributed by atoms with Gasteiger partial charge in [0.2, 0.25) is 23.6 Å². The molecule has 2 saturated carbocycles. The van der Waals surface area contributed by atoms with Crippen molar-refractivity contribution < 1.29 is 39.0 Å². The highest BCUT2D eigenvalue weighted by molar-refractivity contribution is 6.06. The number of carboxylic acids is 2. The normalized spacial score (nSPS) is 32.0. The number of carbonyl (C=O) groups excluding carboxylic acids is 4. The van der Waals surface area contributed by atoms with Gasteiger partial charge in [-0.05, 0) is 49.7 Å². The molecule has 0 bridgehead atoms. The lowest BCUT2D eigenvalue weighted by Crippen LogP contribution is -2.32. The minimum atomic E-state index is -0.941. The second kappa shape index (κ2) is 9.15. The lowest BCUT2D eigenvalue weighted by molar-refractivity contribution is -0.146. The molecule has 1 aromatic rings. The van der Waals surface area contributed by atoms with Gasteiger partial charge in [0.25, 0.3) is 0 Å². The zero-order valence-corrected chi connectivity index (χ0v) is 19.7. The number of likely N-dealkylation sites (tertiary alicyclic amines) is 2. The maximum atomic E-state index is 13.0. The van der Waals surface area contributed by atoms with E-state index in [9.17, 15) is 39.0 Å². The molecule has 6 unspecified atom stereocenters. The van der Waals surface area contributed by atoms with E-state index in [2.05, 4.69) is 0 Å². The van der Waals surface area contributed by atoms with Crippen LogP contribution in [0.2, 0.25) is 0 Å². The first kappa shape index (κ1) is 24.1. The second-order valence-corrected chi connectivity index (χ2v) is 10.5. The Hall–Kier alpha value is -3.56. The third-order valence-corrected chi connectivity index (χ3v) is 8.40. The van der Waals surface area contributed by atoms with Crippen LogP contribution < -0.4 is 0 Å². The number of fused-ring (bicyclic) bond motifs is 2. The highest BCUT2D eigenvalue weighted by atomic mass is 16.4. The number of nitrogens with zero attached hydrogens (tertiary/aromatic N) is 2. The van der Waals surface area contributed by atoms with Gasteiger partial charge in [0.1, 0.15) is 0 Å². The Bertz CT molecular complexity index is 1080. The van der Waals surface area contributed by atoms with Crippen molar-refractivity contribution in [2.45, 2.75) is 51.6 Å². The molecule has 190 valence electrons. The van der Waals surface area contributed by atoms with E-state index in [1.807, 2.05) is 0 Å². The molecule has 4 amide bonds. The Kier molecular flexibility index (Phi) is 6.13. The molecule has 0 radical (unpaired) electrons. The summed E-state index contributed by atoms with van der Waals surface area (Å²) in [4.78, 5) is 76.9. The molecule has 1 aromatic carbocycles. The van der Waals surface area contributed by atoms with E-state index in [4.69, 9.17) is 0 Å². The molecular weight excluding hydrogens is 468 g/mol.